The Bertz CT molecular complexity index is 1760. The Morgan fingerprint density at radius 2 is 1.23 bits per heavy atom. The van der Waals surface area contributed by atoms with Crippen LogP contribution in [0.15, 0.2) is 45.3 Å². The molecular weight excluding hydrogens is 627 g/mol. The van der Waals surface area contributed by atoms with E-state index in [4.69, 9.17) is 32.0 Å². The molecule has 0 saturated heterocycles. The van der Waals surface area contributed by atoms with Gasteiger partial charge in [-0.1, -0.05) is 65.1 Å². The van der Waals surface area contributed by atoms with E-state index in [0.717, 1.165) is 55.1 Å². The standard InChI is InChI=1S/C14H16N2O3S.C14H16N2O3.CH2Cl2.2CH4/c1-20-14-15-12(18)11-9(4-2-3-8-5-6-8)7-10(17)19-13(11)16-14;1-8-15-13(18)12-10(4-2-3-9-5-6-9)7-11(17)19-14(12)16-8;2-1-3;;/h7-8H,2-6H2,1H3,(H,15,16,18);7,9H,2-6H2,1H3,(H,15,16,18);1H2;2*1H4. The largest absolute Gasteiger partial charge is 0.403 e. The van der Waals surface area contributed by atoms with Crippen LogP contribution < -0.4 is 22.4 Å². The molecular formula is C31H42Cl2N4O6S. The number of fused-ring (bicyclic) bond motifs is 2. The highest BCUT2D eigenvalue weighted by Crippen LogP contribution is 2.34. The van der Waals surface area contributed by atoms with Gasteiger partial charge in [-0.3, -0.25) is 9.59 Å². The normalized spacial score (nSPS) is 13.6. The molecule has 0 amide bonds. The van der Waals surface area contributed by atoms with Gasteiger partial charge >= 0.3 is 11.3 Å². The number of alkyl halides is 2. The van der Waals surface area contributed by atoms with Gasteiger partial charge in [0.25, 0.3) is 11.1 Å². The Morgan fingerprint density at radius 3 is 1.66 bits per heavy atom. The zero-order valence-corrected chi connectivity index (χ0v) is 25.9. The minimum atomic E-state index is -0.441. The third kappa shape index (κ3) is 10.6. The summed E-state index contributed by atoms with van der Waals surface area (Å²) in [5.74, 6) is 2.15. The van der Waals surface area contributed by atoms with E-state index in [0.29, 0.717) is 21.8 Å². The average molecular weight is 670 g/mol. The molecule has 2 aliphatic rings. The van der Waals surface area contributed by atoms with Crippen LogP contribution in [0.4, 0.5) is 0 Å². The third-order valence-corrected chi connectivity index (χ3v) is 7.77. The first-order valence-corrected chi connectivity index (χ1v) is 16.3. The zero-order chi connectivity index (χ0) is 30.2. The average Bonchev–Trinajstić information content (AvgIpc) is 3.85. The van der Waals surface area contributed by atoms with Gasteiger partial charge in [0.15, 0.2) is 5.16 Å². The van der Waals surface area contributed by atoms with Crippen molar-refractivity contribution in [2.45, 2.75) is 91.1 Å². The number of aryl methyl sites for hydroxylation is 3. The summed E-state index contributed by atoms with van der Waals surface area (Å²) in [4.78, 5) is 60.9. The molecule has 10 nitrogen and oxygen atoms in total. The molecule has 0 atom stereocenters. The second-order valence-electron chi connectivity index (χ2n) is 10.5. The van der Waals surface area contributed by atoms with Crippen LogP contribution in [0.5, 0.6) is 0 Å². The quantitative estimate of drug-likeness (QED) is 0.110. The smallest absolute Gasteiger partial charge is 0.337 e. The molecule has 0 aliphatic heterocycles. The Balaban J connectivity index is 0.000000271. The van der Waals surface area contributed by atoms with Crippen LogP contribution in [0, 0.1) is 18.8 Å². The van der Waals surface area contributed by atoms with Gasteiger partial charge in [0.2, 0.25) is 11.4 Å². The number of halogens is 2. The molecule has 13 heteroatoms. The molecule has 0 aromatic carbocycles. The lowest BCUT2D eigenvalue weighted by atomic mass is 10.1. The van der Waals surface area contributed by atoms with Gasteiger partial charge in [-0.2, -0.15) is 9.97 Å². The summed E-state index contributed by atoms with van der Waals surface area (Å²) >= 11 is 10.8. The van der Waals surface area contributed by atoms with Crippen molar-refractivity contribution in [1.29, 1.82) is 0 Å². The van der Waals surface area contributed by atoms with E-state index < -0.39 is 11.3 Å². The van der Waals surface area contributed by atoms with Crippen LogP contribution in [0.2, 0.25) is 0 Å². The van der Waals surface area contributed by atoms with Gasteiger partial charge in [0, 0.05) is 12.1 Å². The Morgan fingerprint density at radius 1 is 0.795 bits per heavy atom. The SMILES string of the molecule is C.C.CSc1nc2oc(=O)cc(CCCC3CC3)c2c(=O)[nH]1.Cc1nc2oc(=O)cc(CCCC3CC3)c2c(=O)[nH]1.ClCCl. The molecule has 2 N–H and O–H groups in total. The topological polar surface area (TPSA) is 152 Å². The first-order chi connectivity index (χ1) is 20.2. The summed E-state index contributed by atoms with van der Waals surface area (Å²) in [6.07, 6.45) is 12.8. The van der Waals surface area contributed by atoms with E-state index in [1.807, 2.05) is 6.26 Å². The molecule has 2 saturated carbocycles. The predicted molar refractivity (Wildman–Crippen MR) is 180 cm³/mol. The number of H-pyrrole nitrogens is 2. The zero-order valence-electron chi connectivity index (χ0n) is 23.6. The van der Waals surface area contributed by atoms with Gasteiger partial charge in [0.05, 0.1) is 5.34 Å². The number of thioether (sulfide) groups is 1. The molecule has 44 heavy (non-hydrogen) atoms. The van der Waals surface area contributed by atoms with Crippen LogP contribution in [0.1, 0.15) is 83.2 Å². The van der Waals surface area contributed by atoms with E-state index in [1.165, 1.54) is 56.0 Å². The molecule has 242 valence electrons. The molecule has 0 bridgehead atoms. The van der Waals surface area contributed by atoms with Crippen LogP contribution in [-0.2, 0) is 12.8 Å². The van der Waals surface area contributed by atoms with E-state index in [2.05, 4.69) is 19.9 Å². The van der Waals surface area contributed by atoms with Gasteiger partial charge in [-0.25, -0.2) is 9.59 Å². The first kappa shape index (κ1) is 37.3. The number of hydrogen-bond acceptors (Lipinski definition) is 9. The lowest BCUT2D eigenvalue weighted by Gasteiger charge is -2.05. The van der Waals surface area contributed by atoms with Crippen LogP contribution in [0.3, 0.4) is 0 Å². The van der Waals surface area contributed by atoms with Gasteiger partial charge in [0.1, 0.15) is 16.6 Å². The number of nitrogens with one attached hydrogen (secondary N) is 2. The number of hydrogen-bond donors (Lipinski definition) is 2. The van der Waals surface area contributed by atoms with Crippen molar-refractivity contribution in [3.63, 3.8) is 0 Å². The van der Waals surface area contributed by atoms with Gasteiger partial charge in [-0.15, -0.1) is 23.2 Å². The van der Waals surface area contributed by atoms with Crippen LogP contribution in [-0.4, -0.2) is 31.5 Å². The maximum Gasteiger partial charge on any atom is 0.337 e. The Labute approximate surface area is 270 Å². The van der Waals surface area contributed by atoms with Gasteiger partial charge < -0.3 is 18.8 Å². The summed E-state index contributed by atoms with van der Waals surface area (Å²) in [7, 11) is 0. The highest BCUT2D eigenvalue weighted by Gasteiger charge is 2.22. The van der Waals surface area contributed by atoms with Gasteiger partial charge in [-0.05, 0) is 61.8 Å². The maximum absolute atomic E-state index is 12.1. The second kappa shape index (κ2) is 17.6. The van der Waals surface area contributed by atoms with E-state index >= 15 is 0 Å². The lowest BCUT2D eigenvalue weighted by Crippen LogP contribution is -2.14. The minimum absolute atomic E-state index is 0. The lowest BCUT2D eigenvalue weighted by molar-refractivity contribution is 0.540. The first-order valence-electron chi connectivity index (χ1n) is 14.0. The number of aromatic amines is 2. The van der Waals surface area contributed by atoms with Crippen molar-refractivity contribution in [3.8, 4) is 0 Å². The molecule has 4 heterocycles. The van der Waals surface area contributed by atoms with Crippen molar-refractivity contribution in [1.82, 2.24) is 19.9 Å². The van der Waals surface area contributed by atoms with Crippen molar-refractivity contribution in [3.05, 3.63) is 70.6 Å². The Kier molecular flexibility index (Phi) is 14.9. The minimum Gasteiger partial charge on any atom is -0.403 e. The highest BCUT2D eigenvalue weighted by molar-refractivity contribution is 7.98. The number of nitrogens with zero attached hydrogens (tertiary/aromatic N) is 2. The van der Waals surface area contributed by atoms with Crippen molar-refractivity contribution in [2.75, 3.05) is 11.6 Å². The maximum atomic E-state index is 12.1. The Hall–Kier alpha value is -2.89. The summed E-state index contributed by atoms with van der Waals surface area (Å²) in [6.45, 7) is 1.67. The van der Waals surface area contributed by atoms with Crippen LogP contribution >= 0.6 is 35.0 Å². The van der Waals surface area contributed by atoms with E-state index in [-0.39, 0.29) is 42.7 Å². The van der Waals surface area contributed by atoms with Crippen LogP contribution in [0.25, 0.3) is 22.2 Å². The molecule has 6 rings (SSSR count). The fourth-order valence-electron chi connectivity index (χ4n) is 4.85. The number of aromatic nitrogens is 4. The van der Waals surface area contributed by atoms with Crippen molar-refractivity contribution < 1.29 is 8.83 Å². The molecule has 0 spiro atoms. The fraction of sp³-hybridized carbons (Fsp3) is 0.548. The molecule has 2 fully saturated rings. The number of rotatable bonds is 9. The summed E-state index contributed by atoms with van der Waals surface area (Å²) in [5.41, 5.74) is 0.453. The summed E-state index contributed by atoms with van der Waals surface area (Å²) in [6, 6.07) is 2.84. The summed E-state index contributed by atoms with van der Waals surface area (Å²) in [5, 5.41) is 1.49. The predicted octanol–water partition coefficient (Wildman–Crippen LogP) is 6.94. The van der Waals surface area contributed by atoms with Crippen molar-refractivity contribution >= 4 is 57.2 Å². The van der Waals surface area contributed by atoms with E-state index in [1.54, 1.807) is 6.92 Å². The van der Waals surface area contributed by atoms with E-state index in [9.17, 15) is 19.2 Å². The fourth-order valence-corrected chi connectivity index (χ4v) is 5.22. The molecule has 0 radical (unpaired) electrons. The monoisotopic (exact) mass is 668 g/mol. The third-order valence-electron chi connectivity index (χ3n) is 7.19. The molecule has 4 aromatic heterocycles. The molecule has 0 unspecified atom stereocenters. The second-order valence-corrected chi connectivity index (χ2v) is 12.1. The highest BCUT2D eigenvalue weighted by atomic mass is 35.5. The summed E-state index contributed by atoms with van der Waals surface area (Å²) < 4.78 is 10.1. The molecule has 4 aromatic rings. The van der Waals surface area contributed by atoms with Crippen molar-refractivity contribution in [2.24, 2.45) is 11.8 Å². The molecule has 2 aliphatic carbocycles.